The third-order valence-electron chi connectivity index (χ3n) is 3.20. The molecule has 0 spiro atoms. The van der Waals surface area contributed by atoms with Crippen molar-refractivity contribution in [1.29, 1.82) is 5.26 Å². The summed E-state index contributed by atoms with van der Waals surface area (Å²) in [6.07, 6.45) is 0. The van der Waals surface area contributed by atoms with Gasteiger partial charge in [0.25, 0.3) is 0 Å². The average molecular weight is 282 g/mol. The molecule has 0 bridgehead atoms. The summed E-state index contributed by atoms with van der Waals surface area (Å²) in [6, 6.07) is 6.46. The summed E-state index contributed by atoms with van der Waals surface area (Å²) in [5, 5.41) is 18.2. The van der Waals surface area contributed by atoms with Crippen LogP contribution in [0.5, 0.6) is 0 Å². The van der Waals surface area contributed by atoms with Crippen molar-refractivity contribution in [3.8, 4) is 6.07 Å². The molecule has 1 aromatic carbocycles. The summed E-state index contributed by atoms with van der Waals surface area (Å²) in [4.78, 5) is 0.0931. The van der Waals surface area contributed by atoms with Crippen LogP contribution in [-0.4, -0.2) is 37.0 Å². The van der Waals surface area contributed by atoms with Crippen LogP contribution in [0.4, 0.5) is 0 Å². The Morgan fingerprint density at radius 3 is 2.47 bits per heavy atom. The van der Waals surface area contributed by atoms with E-state index in [0.29, 0.717) is 11.1 Å². The van der Waals surface area contributed by atoms with Gasteiger partial charge >= 0.3 is 0 Å². The van der Waals surface area contributed by atoms with Crippen LogP contribution in [0.3, 0.4) is 0 Å². The van der Waals surface area contributed by atoms with Gasteiger partial charge in [0.2, 0.25) is 10.0 Å². The SMILES string of the molecule is Cc1ccc(C#N)cc1S(=O)(=O)N(C)C(C)(C)CO. The first kappa shape index (κ1) is 15.6. The molecule has 5 nitrogen and oxygen atoms in total. The van der Waals surface area contributed by atoms with Crippen molar-refractivity contribution in [1.82, 2.24) is 4.31 Å². The Morgan fingerprint density at radius 1 is 1.42 bits per heavy atom. The fourth-order valence-electron chi connectivity index (χ4n) is 1.52. The molecule has 6 heteroatoms. The summed E-state index contributed by atoms with van der Waals surface area (Å²) in [6.45, 7) is 4.65. The maximum Gasteiger partial charge on any atom is 0.243 e. The number of aryl methyl sites for hydroxylation is 1. The van der Waals surface area contributed by atoms with E-state index in [0.717, 1.165) is 4.31 Å². The predicted molar refractivity (Wildman–Crippen MR) is 72.0 cm³/mol. The summed E-state index contributed by atoms with van der Waals surface area (Å²) in [7, 11) is -2.33. The number of benzene rings is 1. The van der Waals surface area contributed by atoms with Gasteiger partial charge in [0.15, 0.2) is 0 Å². The molecule has 0 aromatic heterocycles. The number of aliphatic hydroxyl groups is 1. The molecule has 1 N–H and O–H groups in total. The van der Waals surface area contributed by atoms with Crippen LogP contribution in [-0.2, 0) is 10.0 Å². The minimum atomic E-state index is -3.75. The smallest absolute Gasteiger partial charge is 0.243 e. The van der Waals surface area contributed by atoms with E-state index >= 15 is 0 Å². The van der Waals surface area contributed by atoms with Gasteiger partial charge in [-0.05, 0) is 38.5 Å². The van der Waals surface area contributed by atoms with Crippen LogP contribution >= 0.6 is 0 Å². The minimum Gasteiger partial charge on any atom is -0.394 e. The molecule has 0 aliphatic rings. The Kier molecular flexibility index (Phi) is 4.35. The van der Waals surface area contributed by atoms with Crippen molar-refractivity contribution in [2.24, 2.45) is 0 Å². The van der Waals surface area contributed by atoms with Gasteiger partial charge in [-0.15, -0.1) is 0 Å². The van der Waals surface area contributed by atoms with Crippen molar-refractivity contribution >= 4 is 10.0 Å². The first-order valence-electron chi connectivity index (χ1n) is 5.77. The zero-order chi connectivity index (χ0) is 14.8. The van der Waals surface area contributed by atoms with Crippen molar-refractivity contribution in [2.75, 3.05) is 13.7 Å². The highest BCUT2D eigenvalue weighted by atomic mass is 32.2. The van der Waals surface area contributed by atoms with Gasteiger partial charge in [-0.1, -0.05) is 6.07 Å². The molecule has 0 saturated carbocycles. The zero-order valence-electron chi connectivity index (χ0n) is 11.5. The maximum absolute atomic E-state index is 12.5. The van der Waals surface area contributed by atoms with E-state index in [1.54, 1.807) is 32.9 Å². The van der Waals surface area contributed by atoms with E-state index < -0.39 is 15.6 Å². The van der Waals surface area contributed by atoms with Crippen LogP contribution in [0.25, 0.3) is 0 Å². The number of sulfonamides is 1. The third kappa shape index (κ3) is 2.95. The Balaban J connectivity index is 3.40. The first-order valence-corrected chi connectivity index (χ1v) is 7.21. The molecule has 0 atom stereocenters. The summed E-state index contributed by atoms with van der Waals surface area (Å²) in [5.41, 5.74) is -0.0487. The van der Waals surface area contributed by atoms with E-state index in [9.17, 15) is 13.5 Å². The fourth-order valence-corrected chi connectivity index (χ4v) is 3.27. The lowest BCUT2D eigenvalue weighted by Gasteiger charge is -2.33. The Hall–Kier alpha value is -1.42. The largest absolute Gasteiger partial charge is 0.394 e. The maximum atomic E-state index is 12.5. The molecule has 0 radical (unpaired) electrons. The highest BCUT2D eigenvalue weighted by molar-refractivity contribution is 7.89. The van der Waals surface area contributed by atoms with Crippen molar-refractivity contribution in [3.63, 3.8) is 0 Å². The van der Waals surface area contributed by atoms with Gasteiger partial charge in [0.05, 0.1) is 28.7 Å². The summed E-state index contributed by atoms with van der Waals surface area (Å²) >= 11 is 0. The quantitative estimate of drug-likeness (QED) is 0.901. The van der Waals surface area contributed by atoms with Gasteiger partial charge < -0.3 is 5.11 Å². The molecule has 19 heavy (non-hydrogen) atoms. The van der Waals surface area contributed by atoms with Crippen LogP contribution in [0.2, 0.25) is 0 Å². The van der Waals surface area contributed by atoms with Crippen molar-refractivity contribution < 1.29 is 13.5 Å². The van der Waals surface area contributed by atoms with Gasteiger partial charge in [-0.25, -0.2) is 8.42 Å². The molecule has 0 heterocycles. The van der Waals surface area contributed by atoms with Gasteiger partial charge in [0, 0.05) is 7.05 Å². The molecular weight excluding hydrogens is 264 g/mol. The standard InChI is InChI=1S/C13H18N2O3S/c1-10-5-6-11(8-14)7-12(10)19(17,18)15(4)13(2,3)9-16/h5-7,16H,9H2,1-4H3. The van der Waals surface area contributed by atoms with Crippen LogP contribution < -0.4 is 0 Å². The molecule has 0 fully saturated rings. The number of hydrogen-bond acceptors (Lipinski definition) is 4. The van der Waals surface area contributed by atoms with E-state index in [1.807, 2.05) is 6.07 Å². The Bertz CT molecular complexity index is 615. The molecule has 0 aliphatic heterocycles. The third-order valence-corrected chi connectivity index (χ3v) is 5.41. The lowest BCUT2D eigenvalue weighted by atomic mass is 10.1. The Morgan fingerprint density at radius 2 is 2.00 bits per heavy atom. The molecular formula is C13H18N2O3S. The normalized spacial score (nSPS) is 12.5. The van der Waals surface area contributed by atoms with Crippen molar-refractivity contribution in [2.45, 2.75) is 31.2 Å². The summed E-state index contributed by atoms with van der Waals surface area (Å²) in [5.74, 6) is 0. The number of likely N-dealkylation sites (N-methyl/N-ethyl adjacent to an activating group) is 1. The van der Waals surface area contributed by atoms with Gasteiger partial charge in [0.1, 0.15) is 0 Å². The topological polar surface area (TPSA) is 81.4 Å². The second-order valence-electron chi connectivity index (χ2n) is 5.04. The average Bonchev–Trinajstić information content (AvgIpc) is 2.38. The number of nitriles is 1. The molecule has 1 rings (SSSR count). The lowest BCUT2D eigenvalue weighted by Crippen LogP contribution is -2.47. The second-order valence-corrected chi connectivity index (χ2v) is 6.97. The molecule has 1 aromatic rings. The van der Waals surface area contributed by atoms with E-state index in [-0.39, 0.29) is 11.5 Å². The van der Waals surface area contributed by atoms with E-state index in [1.165, 1.54) is 13.1 Å². The van der Waals surface area contributed by atoms with Gasteiger partial charge in [-0.3, -0.25) is 0 Å². The Labute approximate surface area is 114 Å². The van der Waals surface area contributed by atoms with Crippen molar-refractivity contribution in [3.05, 3.63) is 29.3 Å². The zero-order valence-corrected chi connectivity index (χ0v) is 12.3. The molecule has 0 saturated heterocycles. The highest BCUT2D eigenvalue weighted by Crippen LogP contribution is 2.25. The molecule has 104 valence electrons. The van der Waals surface area contributed by atoms with Crippen LogP contribution in [0.1, 0.15) is 25.0 Å². The van der Waals surface area contributed by atoms with Crippen LogP contribution in [0, 0.1) is 18.3 Å². The summed E-state index contributed by atoms with van der Waals surface area (Å²) < 4.78 is 26.2. The highest BCUT2D eigenvalue weighted by Gasteiger charge is 2.34. The number of aliphatic hydroxyl groups excluding tert-OH is 1. The van der Waals surface area contributed by atoms with Gasteiger partial charge in [-0.2, -0.15) is 9.57 Å². The molecule has 0 unspecified atom stereocenters. The monoisotopic (exact) mass is 282 g/mol. The number of rotatable bonds is 4. The van der Waals surface area contributed by atoms with E-state index in [2.05, 4.69) is 0 Å². The number of nitrogens with zero attached hydrogens (tertiary/aromatic N) is 2. The fraction of sp³-hybridized carbons (Fsp3) is 0.462. The molecule has 0 amide bonds. The predicted octanol–water partition coefficient (Wildman–Crippen LogP) is 1.26. The lowest BCUT2D eigenvalue weighted by molar-refractivity contribution is 0.138. The first-order chi connectivity index (χ1) is 8.66. The minimum absolute atomic E-state index is 0.0931. The number of hydrogen-bond donors (Lipinski definition) is 1. The van der Waals surface area contributed by atoms with E-state index in [4.69, 9.17) is 5.26 Å². The molecule has 0 aliphatic carbocycles. The second kappa shape index (κ2) is 5.29. The van der Waals surface area contributed by atoms with Crippen LogP contribution in [0.15, 0.2) is 23.1 Å².